The van der Waals surface area contributed by atoms with E-state index in [-0.39, 0.29) is 26.2 Å². The quantitative estimate of drug-likeness (QED) is 0.534. The van der Waals surface area contributed by atoms with E-state index in [1.165, 1.54) is 0 Å². The van der Waals surface area contributed by atoms with Gasteiger partial charge in [0.15, 0.2) is 0 Å². The molecule has 0 nitrogen and oxygen atoms in total. The molecular weight excluding hydrogens is 277 g/mol. The molecule has 0 N–H and O–H groups in total. The van der Waals surface area contributed by atoms with Crippen molar-refractivity contribution in [1.29, 1.82) is 0 Å². The number of hydrogen-bond donors (Lipinski definition) is 0. The average Bonchev–Trinajstić information content (AvgIpc) is 0.811. The van der Waals surface area contributed by atoms with Gasteiger partial charge in [-0.15, -0.1) is 0 Å². The van der Waals surface area contributed by atoms with Gasteiger partial charge in [-0.3, -0.25) is 12.9 Å². The van der Waals surface area contributed by atoms with Crippen LogP contribution in [0.25, 0.3) is 0 Å². The fourth-order valence-corrected chi connectivity index (χ4v) is 0. The van der Waals surface area contributed by atoms with Crippen molar-refractivity contribution in [3.63, 3.8) is 0 Å². The molecule has 0 fully saturated rings. The SMILES string of the molecule is FB(F)F.[BiH3]. The van der Waals surface area contributed by atoms with Crippen LogP contribution in [0.5, 0.6) is 0 Å². The Labute approximate surface area is 47.1 Å². The van der Waals surface area contributed by atoms with Crippen LogP contribution in [-0.4, -0.2) is 33.7 Å². The van der Waals surface area contributed by atoms with E-state index in [0.717, 1.165) is 0 Å². The molecule has 0 spiro atoms. The van der Waals surface area contributed by atoms with E-state index >= 15 is 0 Å². The Morgan fingerprint density at radius 1 is 1.00 bits per heavy atom. The Balaban J connectivity index is 0. The zero-order valence-corrected chi connectivity index (χ0v) is 7.92. The molecule has 0 bridgehead atoms. The van der Waals surface area contributed by atoms with Gasteiger partial charge in [-0.2, -0.15) is 0 Å². The first kappa shape index (κ1) is 9.22. The molecule has 0 aliphatic heterocycles. The molecule has 0 heterocycles. The third kappa shape index (κ3) is 65.2. The fraction of sp³-hybridized carbons (Fsp3) is 0. The second kappa shape index (κ2) is 4.74. The molecule has 0 rings (SSSR count). The van der Waals surface area contributed by atoms with Crippen LogP contribution in [-0.2, 0) is 0 Å². The monoisotopic (exact) mass is 280 g/mol. The summed E-state index contributed by atoms with van der Waals surface area (Å²) in [6.07, 6.45) is 0. The summed E-state index contributed by atoms with van der Waals surface area (Å²) >= 11 is 0. The summed E-state index contributed by atoms with van der Waals surface area (Å²) in [7, 11) is -3.67. The summed E-state index contributed by atoms with van der Waals surface area (Å²) in [6, 6.07) is 0. The summed E-state index contributed by atoms with van der Waals surface area (Å²) in [5.41, 5.74) is 0. The fourth-order valence-electron chi connectivity index (χ4n) is 0. The van der Waals surface area contributed by atoms with E-state index in [1.807, 2.05) is 0 Å². The molecule has 0 aromatic heterocycles. The molecule has 5 heteroatoms. The second-order valence-corrected chi connectivity index (χ2v) is 0.247. The Morgan fingerprint density at radius 3 is 1.00 bits per heavy atom. The van der Waals surface area contributed by atoms with E-state index in [0.29, 0.717) is 0 Å². The van der Waals surface area contributed by atoms with Crippen LogP contribution in [0.4, 0.5) is 12.9 Å². The zero-order valence-electron chi connectivity index (χ0n) is 2.42. The number of rotatable bonds is 0. The molecule has 0 unspecified atom stereocenters. The maximum absolute atomic E-state index is 9.67. The molecule has 0 radical (unpaired) electrons. The third-order valence-electron chi connectivity index (χ3n) is 0. The van der Waals surface area contributed by atoms with Crippen LogP contribution in [0.1, 0.15) is 0 Å². The van der Waals surface area contributed by atoms with Gasteiger partial charge in [0, 0.05) is 0 Å². The molecule has 0 amide bonds. The zero-order chi connectivity index (χ0) is 3.58. The molecule has 0 aliphatic rings. The van der Waals surface area contributed by atoms with Gasteiger partial charge in [0.1, 0.15) is 0 Å². The van der Waals surface area contributed by atoms with Crippen molar-refractivity contribution in [2.75, 3.05) is 0 Å². The second-order valence-electron chi connectivity index (χ2n) is 0.247. The first-order valence-electron chi connectivity index (χ1n) is 0.655. The molecular formula is H3BBiF3. The van der Waals surface area contributed by atoms with Crippen molar-refractivity contribution in [3.05, 3.63) is 0 Å². The minimum atomic E-state index is -3.67. The van der Waals surface area contributed by atoms with Gasteiger partial charge in [0.2, 0.25) is 0 Å². The molecule has 0 aromatic carbocycles. The molecule has 0 atom stereocenters. The Kier molecular flexibility index (Phi) is 8.74. The van der Waals surface area contributed by atoms with Crippen molar-refractivity contribution in [2.45, 2.75) is 0 Å². The van der Waals surface area contributed by atoms with Gasteiger partial charge in [0.05, 0.1) is 0 Å². The van der Waals surface area contributed by atoms with Crippen LogP contribution in [0.2, 0.25) is 0 Å². The Bertz CT molecular complexity index is 11.6. The number of hydrogen-bond acceptors (Lipinski definition) is 0. The predicted molar refractivity (Wildman–Crippen MR) is 19.0 cm³/mol. The van der Waals surface area contributed by atoms with Gasteiger partial charge < -0.3 is 0 Å². The van der Waals surface area contributed by atoms with Crippen molar-refractivity contribution in [1.82, 2.24) is 0 Å². The van der Waals surface area contributed by atoms with E-state index in [9.17, 15) is 12.9 Å². The summed E-state index contributed by atoms with van der Waals surface area (Å²) in [5, 5.41) is 0. The average molecular weight is 280 g/mol. The van der Waals surface area contributed by atoms with Gasteiger partial charge in [-0.1, -0.05) is 0 Å². The first-order valence-corrected chi connectivity index (χ1v) is 0.655. The van der Waals surface area contributed by atoms with Crippen LogP contribution in [0.15, 0.2) is 0 Å². The predicted octanol–water partition coefficient (Wildman–Crippen LogP) is -0.304. The van der Waals surface area contributed by atoms with E-state index in [2.05, 4.69) is 0 Å². The van der Waals surface area contributed by atoms with E-state index < -0.39 is 7.54 Å². The van der Waals surface area contributed by atoms with Crippen LogP contribution >= 0.6 is 0 Å². The summed E-state index contributed by atoms with van der Waals surface area (Å²) in [5.74, 6) is 0. The van der Waals surface area contributed by atoms with Gasteiger partial charge in [0.25, 0.3) is 0 Å². The van der Waals surface area contributed by atoms with Crippen LogP contribution in [0.3, 0.4) is 0 Å². The first-order chi connectivity index (χ1) is 1.73. The summed E-state index contributed by atoms with van der Waals surface area (Å²) < 4.78 is 29.0. The van der Waals surface area contributed by atoms with Crippen LogP contribution in [0, 0.1) is 0 Å². The summed E-state index contributed by atoms with van der Waals surface area (Å²) in [6.45, 7) is 0. The molecule has 0 saturated carbocycles. The van der Waals surface area contributed by atoms with Crippen molar-refractivity contribution in [2.24, 2.45) is 0 Å². The maximum atomic E-state index is 9.67. The van der Waals surface area contributed by atoms with Crippen LogP contribution < -0.4 is 0 Å². The normalized spacial score (nSPS) is 5.40. The molecule has 0 aromatic rings. The molecule has 0 saturated heterocycles. The molecule has 5 heavy (non-hydrogen) atoms. The third-order valence-corrected chi connectivity index (χ3v) is 0. The molecule has 32 valence electrons. The van der Waals surface area contributed by atoms with Crippen molar-refractivity contribution < 1.29 is 12.9 Å². The topological polar surface area (TPSA) is 0 Å². The van der Waals surface area contributed by atoms with Gasteiger partial charge in [-0.25, -0.2) is 0 Å². The standard InChI is InChI=1S/BF3.Bi.3H/c2-1(3)4;;;;. The molecule has 0 aliphatic carbocycles. The van der Waals surface area contributed by atoms with E-state index in [4.69, 9.17) is 0 Å². The Morgan fingerprint density at radius 2 is 1.00 bits per heavy atom. The minimum absolute atomic E-state index is 0. The summed E-state index contributed by atoms with van der Waals surface area (Å²) in [4.78, 5) is 0. The van der Waals surface area contributed by atoms with Gasteiger partial charge in [-0.05, 0) is 0 Å². The van der Waals surface area contributed by atoms with Crippen molar-refractivity contribution in [3.8, 4) is 0 Å². The number of halogens is 3. The van der Waals surface area contributed by atoms with Gasteiger partial charge >= 0.3 is 33.7 Å². The van der Waals surface area contributed by atoms with Crippen molar-refractivity contribution >= 4 is 33.7 Å². The van der Waals surface area contributed by atoms with E-state index in [1.54, 1.807) is 0 Å². The Hall–Kier alpha value is 0.738.